The Morgan fingerprint density at radius 2 is 1.92 bits per heavy atom. The number of hydrogen-bond donors (Lipinski definition) is 2. The van der Waals surface area contributed by atoms with E-state index >= 15 is 0 Å². The van der Waals surface area contributed by atoms with Crippen LogP contribution in [0, 0.1) is 5.92 Å². The first kappa shape index (κ1) is 23.7. The third-order valence-electron chi connectivity index (χ3n) is 5.04. The van der Waals surface area contributed by atoms with E-state index in [2.05, 4.69) is 27.4 Å². The first-order valence-electron chi connectivity index (χ1n) is 9.46. The Labute approximate surface area is 172 Å². The van der Waals surface area contributed by atoms with Crippen LogP contribution in [0.4, 0.5) is 13.2 Å². The zero-order valence-corrected chi connectivity index (χ0v) is 18.1. The van der Waals surface area contributed by atoms with Crippen LogP contribution in [0.25, 0.3) is 0 Å². The van der Waals surface area contributed by atoms with Gasteiger partial charge in [0.1, 0.15) is 0 Å². The van der Waals surface area contributed by atoms with Crippen LogP contribution in [-0.4, -0.2) is 80.3 Å². The fourth-order valence-corrected chi connectivity index (χ4v) is 3.78. The lowest BCUT2D eigenvalue weighted by atomic mass is 10.1. The second kappa shape index (κ2) is 11.5. The van der Waals surface area contributed by atoms with Crippen molar-refractivity contribution in [2.24, 2.45) is 10.9 Å². The minimum absolute atomic E-state index is 0. The summed E-state index contributed by atoms with van der Waals surface area (Å²) < 4.78 is 37.4. The molecule has 0 aromatic carbocycles. The molecule has 0 saturated carbocycles. The van der Waals surface area contributed by atoms with Gasteiger partial charge in [-0.05, 0) is 51.7 Å². The van der Waals surface area contributed by atoms with Crippen molar-refractivity contribution in [3.63, 3.8) is 0 Å². The molecule has 2 aliphatic rings. The Bertz CT molecular complexity index is 433. The molecule has 0 spiro atoms. The third kappa shape index (κ3) is 8.16. The van der Waals surface area contributed by atoms with Gasteiger partial charge in [0.2, 0.25) is 0 Å². The largest absolute Gasteiger partial charge is 0.401 e. The van der Waals surface area contributed by atoms with Crippen molar-refractivity contribution in [2.75, 3.05) is 52.4 Å². The molecule has 0 aliphatic carbocycles. The fourth-order valence-electron chi connectivity index (χ4n) is 3.78. The SMILES string of the molecule is CCNC(=NCC1CCN(CC(F)(F)F)C1)NCC1CCCN1CC.I. The van der Waals surface area contributed by atoms with E-state index in [1.165, 1.54) is 17.7 Å². The van der Waals surface area contributed by atoms with Gasteiger partial charge < -0.3 is 10.6 Å². The van der Waals surface area contributed by atoms with Crippen molar-refractivity contribution >= 4 is 29.9 Å². The van der Waals surface area contributed by atoms with Crippen molar-refractivity contribution in [3.8, 4) is 0 Å². The number of likely N-dealkylation sites (tertiary alicyclic amines) is 2. The number of guanidine groups is 1. The fraction of sp³-hybridized carbons (Fsp3) is 0.941. The van der Waals surface area contributed by atoms with Crippen LogP contribution in [0.15, 0.2) is 4.99 Å². The number of rotatable bonds is 7. The molecule has 0 aromatic rings. The lowest BCUT2D eigenvalue weighted by molar-refractivity contribution is -0.143. The second-order valence-electron chi connectivity index (χ2n) is 7.03. The van der Waals surface area contributed by atoms with Gasteiger partial charge in [0, 0.05) is 32.2 Å². The normalized spacial score (nSPS) is 25.3. The highest BCUT2D eigenvalue weighted by atomic mass is 127. The molecule has 9 heteroatoms. The first-order valence-corrected chi connectivity index (χ1v) is 9.46. The summed E-state index contributed by atoms with van der Waals surface area (Å²) in [5.41, 5.74) is 0. The van der Waals surface area contributed by atoms with Crippen LogP contribution in [0.2, 0.25) is 0 Å². The van der Waals surface area contributed by atoms with Crippen LogP contribution in [0.3, 0.4) is 0 Å². The Morgan fingerprint density at radius 3 is 2.58 bits per heavy atom. The number of nitrogens with one attached hydrogen (secondary N) is 2. The number of hydrogen-bond acceptors (Lipinski definition) is 3. The quantitative estimate of drug-likeness (QED) is 0.327. The van der Waals surface area contributed by atoms with E-state index in [9.17, 15) is 13.2 Å². The monoisotopic (exact) mass is 491 g/mol. The van der Waals surface area contributed by atoms with Crippen LogP contribution in [0.1, 0.15) is 33.1 Å². The summed E-state index contributed by atoms with van der Waals surface area (Å²) in [6.45, 7) is 8.84. The Kier molecular flexibility index (Phi) is 10.5. The maximum atomic E-state index is 12.5. The predicted octanol–water partition coefficient (Wildman–Crippen LogP) is 2.53. The highest BCUT2D eigenvalue weighted by molar-refractivity contribution is 14.0. The standard InChI is InChI=1S/C17H32F3N5.HI/c1-3-21-16(23-11-15-6-5-8-25(15)4-2)22-10-14-7-9-24(12-14)13-17(18,19)20;/h14-15H,3-13H2,1-2H3,(H2,21,22,23);1H. The molecule has 26 heavy (non-hydrogen) atoms. The van der Waals surface area contributed by atoms with Gasteiger partial charge in [-0.25, -0.2) is 0 Å². The molecule has 2 fully saturated rings. The Morgan fingerprint density at radius 1 is 1.15 bits per heavy atom. The molecular formula is C17H33F3IN5. The van der Waals surface area contributed by atoms with Crippen molar-refractivity contribution in [3.05, 3.63) is 0 Å². The van der Waals surface area contributed by atoms with E-state index in [1.54, 1.807) is 0 Å². The molecule has 2 N–H and O–H groups in total. The molecule has 2 saturated heterocycles. The van der Waals surface area contributed by atoms with Crippen LogP contribution in [-0.2, 0) is 0 Å². The molecule has 0 radical (unpaired) electrons. The smallest absolute Gasteiger partial charge is 0.357 e. The van der Waals surface area contributed by atoms with Gasteiger partial charge in [-0.2, -0.15) is 13.2 Å². The van der Waals surface area contributed by atoms with E-state index < -0.39 is 12.7 Å². The van der Waals surface area contributed by atoms with Gasteiger partial charge in [0.05, 0.1) is 6.54 Å². The van der Waals surface area contributed by atoms with Crippen LogP contribution in [0.5, 0.6) is 0 Å². The lowest BCUT2D eigenvalue weighted by Gasteiger charge is -2.24. The molecule has 2 rings (SSSR count). The topological polar surface area (TPSA) is 42.9 Å². The first-order chi connectivity index (χ1) is 11.9. The maximum absolute atomic E-state index is 12.5. The summed E-state index contributed by atoms with van der Waals surface area (Å²) in [6, 6.07) is 0.544. The molecule has 2 aliphatic heterocycles. The van der Waals surface area contributed by atoms with Gasteiger partial charge in [-0.3, -0.25) is 14.8 Å². The number of aliphatic imine (C=N–C) groups is 1. The van der Waals surface area contributed by atoms with Crippen LogP contribution < -0.4 is 10.6 Å². The van der Waals surface area contributed by atoms with Gasteiger partial charge in [0.15, 0.2) is 5.96 Å². The van der Waals surface area contributed by atoms with E-state index in [1.807, 2.05) is 6.92 Å². The zero-order chi connectivity index (χ0) is 18.3. The maximum Gasteiger partial charge on any atom is 0.401 e. The van der Waals surface area contributed by atoms with Crippen LogP contribution >= 0.6 is 24.0 Å². The zero-order valence-electron chi connectivity index (χ0n) is 15.8. The number of nitrogens with zero attached hydrogens (tertiary/aromatic N) is 3. The number of halogens is 4. The third-order valence-corrected chi connectivity index (χ3v) is 5.04. The van der Waals surface area contributed by atoms with Crippen molar-refractivity contribution in [1.82, 2.24) is 20.4 Å². The molecule has 2 atom stereocenters. The van der Waals surface area contributed by atoms with E-state index in [4.69, 9.17) is 0 Å². The molecule has 0 amide bonds. The summed E-state index contributed by atoms with van der Waals surface area (Å²) in [5, 5.41) is 6.64. The number of likely N-dealkylation sites (N-methyl/N-ethyl adjacent to an activating group) is 1. The van der Waals surface area contributed by atoms with E-state index in [-0.39, 0.29) is 29.9 Å². The molecule has 2 unspecified atom stereocenters. The lowest BCUT2D eigenvalue weighted by Crippen LogP contribution is -2.45. The summed E-state index contributed by atoms with van der Waals surface area (Å²) >= 11 is 0. The van der Waals surface area contributed by atoms with Crippen molar-refractivity contribution in [1.29, 1.82) is 0 Å². The van der Waals surface area contributed by atoms with Gasteiger partial charge in [-0.1, -0.05) is 6.92 Å². The molecular weight excluding hydrogens is 458 g/mol. The Balaban J connectivity index is 0.00000338. The van der Waals surface area contributed by atoms with E-state index in [0.717, 1.165) is 38.6 Å². The predicted molar refractivity (Wildman–Crippen MR) is 110 cm³/mol. The average Bonchev–Trinajstić information content (AvgIpc) is 3.17. The summed E-state index contributed by atoms with van der Waals surface area (Å²) in [4.78, 5) is 8.57. The highest BCUT2D eigenvalue weighted by Crippen LogP contribution is 2.22. The minimum atomic E-state index is -4.11. The summed E-state index contributed by atoms with van der Waals surface area (Å²) in [7, 11) is 0. The highest BCUT2D eigenvalue weighted by Gasteiger charge is 2.34. The number of alkyl halides is 3. The van der Waals surface area contributed by atoms with E-state index in [0.29, 0.717) is 25.7 Å². The average molecular weight is 491 g/mol. The van der Waals surface area contributed by atoms with Gasteiger partial charge in [-0.15, -0.1) is 24.0 Å². The second-order valence-corrected chi connectivity index (χ2v) is 7.03. The molecule has 0 bridgehead atoms. The minimum Gasteiger partial charge on any atom is -0.357 e. The summed E-state index contributed by atoms with van der Waals surface area (Å²) in [5.74, 6) is 0.983. The molecule has 154 valence electrons. The van der Waals surface area contributed by atoms with Gasteiger partial charge >= 0.3 is 6.18 Å². The molecule has 0 aromatic heterocycles. The van der Waals surface area contributed by atoms with Crippen molar-refractivity contribution < 1.29 is 13.2 Å². The molecule has 5 nitrogen and oxygen atoms in total. The van der Waals surface area contributed by atoms with Gasteiger partial charge in [0.25, 0.3) is 0 Å². The molecule has 2 heterocycles. The van der Waals surface area contributed by atoms with Crippen molar-refractivity contribution in [2.45, 2.75) is 45.3 Å². The summed E-state index contributed by atoms with van der Waals surface area (Å²) in [6.07, 6.45) is -0.882. The Hall–Kier alpha value is -0.290.